The van der Waals surface area contributed by atoms with E-state index < -0.39 is 29.6 Å². The lowest BCUT2D eigenvalue weighted by Gasteiger charge is -2.35. The van der Waals surface area contributed by atoms with Crippen molar-refractivity contribution in [3.05, 3.63) is 76.3 Å². The van der Waals surface area contributed by atoms with Gasteiger partial charge in [0.05, 0.1) is 28.0 Å². The minimum Gasteiger partial charge on any atom is -0.359 e. The number of hydrogen-bond donors (Lipinski definition) is 2. The molecule has 1 aliphatic carbocycles. The fourth-order valence-electron chi connectivity index (χ4n) is 8.66. The minimum absolute atomic E-state index is 0.0946. The van der Waals surface area contributed by atoms with E-state index in [0.717, 1.165) is 71.0 Å². The van der Waals surface area contributed by atoms with E-state index in [1.54, 1.807) is 23.1 Å². The van der Waals surface area contributed by atoms with Crippen LogP contribution in [0.3, 0.4) is 0 Å². The molecule has 1 saturated carbocycles. The van der Waals surface area contributed by atoms with Crippen molar-refractivity contribution >= 4 is 46.6 Å². The van der Waals surface area contributed by atoms with Gasteiger partial charge in [0, 0.05) is 18.3 Å². The Morgan fingerprint density at radius 1 is 0.915 bits per heavy atom. The highest BCUT2D eigenvalue weighted by molar-refractivity contribution is 6.42. The topological polar surface area (TPSA) is 91.0 Å². The smallest absolute Gasteiger partial charge is 0.246 e. The first-order valence-electron chi connectivity index (χ1n) is 17.3. The summed E-state index contributed by atoms with van der Waals surface area (Å²) in [5, 5.41) is 6.91. The van der Waals surface area contributed by atoms with E-state index in [1.165, 1.54) is 12.0 Å². The molecule has 0 unspecified atom stereocenters. The predicted molar refractivity (Wildman–Crippen MR) is 183 cm³/mol. The lowest BCUT2D eigenvalue weighted by atomic mass is 9.74. The van der Waals surface area contributed by atoms with Gasteiger partial charge in [-0.25, -0.2) is 0 Å². The van der Waals surface area contributed by atoms with E-state index in [2.05, 4.69) is 45.9 Å². The molecule has 250 valence electrons. The number of piperidine rings is 1. The number of rotatable bonds is 10. The third kappa shape index (κ3) is 6.59. The van der Waals surface area contributed by atoms with Gasteiger partial charge in [0.15, 0.2) is 0 Å². The number of nitrogens with one attached hydrogen (secondary N) is 2. The van der Waals surface area contributed by atoms with Crippen LogP contribution in [0.2, 0.25) is 10.0 Å². The van der Waals surface area contributed by atoms with Crippen molar-refractivity contribution in [2.24, 2.45) is 17.8 Å². The Balaban J connectivity index is 1.04. The molecule has 3 saturated heterocycles. The normalized spacial score (nSPS) is 29.3. The van der Waals surface area contributed by atoms with Crippen LogP contribution in [0.5, 0.6) is 0 Å². The lowest BCUT2D eigenvalue weighted by Crippen LogP contribution is -2.56. The Hall–Kier alpha value is -2.91. The Morgan fingerprint density at radius 2 is 1.68 bits per heavy atom. The fraction of sp³-hybridized carbons (Fsp3) is 0.541. The van der Waals surface area contributed by atoms with Gasteiger partial charge in [-0.3, -0.25) is 14.4 Å². The second kappa shape index (κ2) is 13.9. The van der Waals surface area contributed by atoms with Crippen molar-refractivity contribution < 1.29 is 19.1 Å². The van der Waals surface area contributed by atoms with Crippen molar-refractivity contribution in [3.8, 4) is 0 Å². The molecule has 0 aromatic heterocycles. The Kier molecular flexibility index (Phi) is 9.65. The number of benzene rings is 2. The van der Waals surface area contributed by atoms with Crippen LogP contribution in [-0.4, -0.2) is 77.5 Å². The average Bonchev–Trinajstić information content (AvgIpc) is 3.72. The van der Waals surface area contributed by atoms with Crippen LogP contribution in [0.4, 0.5) is 5.69 Å². The minimum atomic E-state index is -1.17. The maximum absolute atomic E-state index is 14.3. The van der Waals surface area contributed by atoms with Gasteiger partial charge < -0.3 is 25.2 Å². The standard InChI is InChI=1S/C37H44Cl2N4O4/c38-28-13-12-27(23-29(28)39)41-34(44)31-30-14-17-37(47-30)32(31)36(46)43(33(37)35(45)40-26-10-5-2-6-11-26)19-7-18-42-20-15-25(16-21-42)22-24-8-3-1-4-9-24/h1,3-4,8-9,12-14,17,23,25-26,30-33H,2,5-7,10-11,15-16,18-22H2,(H,40,45)(H,41,44)/t30-,31-,32-,33-,37-/m1/s1. The fourth-order valence-corrected chi connectivity index (χ4v) is 8.96. The molecule has 4 aliphatic heterocycles. The van der Waals surface area contributed by atoms with Crippen molar-refractivity contribution in [3.63, 3.8) is 0 Å². The summed E-state index contributed by atoms with van der Waals surface area (Å²) >= 11 is 12.3. The molecule has 4 heterocycles. The summed E-state index contributed by atoms with van der Waals surface area (Å²) in [7, 11) is 0. The van der Waals surface area contributed by atoms with Crippen molar-refractivity contribution in [2.45, 2.75) is 81.6 Å². The van der Waals surface area contributed by atoms with Crippen LogP contribution in [0.15, 0.2) is 60.7 Å². The molecule has 7 rings (SSSR count). The summed E-state index contributed by atoms with van der Waals surface area (Å²) in [6.07, 6.45) is 12.6. The van der Waals surface area contributed by atoms with Gasteiger partial charge in [-0.15, -0.1) is 0 Å². The molecule has 4 fully saturated rings. The first kappa shape index (κ1) is 32.6. The number of likely N-dealkylation sites (tertiary alicyclic amines) is 2. The van der Waals surface area contributed by atoms with E-state index in [1.807, 2.05) is 12.2 Å². The first-order valence-corrected chi connectivity index (χ1v) is 18.1. The molecule has 2 bridgehead atoms. The second-order valence-electron chi connectivity index (χ2n) is 14.0. The van der Waals surface area contributed by atoms with E-state index >= 15 is 0 Å². The SMILES string of the molecule is O=C(Nc1ccc(Cl)c(Cl)c1)[C@@H]1[C@H]2C=C[C@@]3(O2)[C@H]1C(=O)N(CCCN1CCC(Cc2ccccc2)CC1)[C@@H]3C(=O)NC1CCCCC1. The van der Waals surface area contributed by atoms with Gasteiger partial charge in [-0.05, 0) is 87.8 Å². The predicted octanol–water partition coefficient (Wildman–Crippen LogP) is 5.88. The highest BCUT2D eigenvalue weighted by Crippen LogP contribution is 2.55. The highest BCUT2D eigenvalue weighted by atomic mass is 35.5. The zero-order chi connectivity index (χ0) is 32.5. The molecule has 1 spiro atoms. The third-order valence-corrected chi connectivity index (χ3v) is 11.8. The van der Waals surface area contributed by atoms with Gasteiger partial charge in [0.25, 0.3) is 0 Å². The molecule has 47 heavy (non-hydrogen) atoms. The Labute approximate surface area is 287 Å². The Morgan fingerprint density at radius 3 is 2.43 bits per heavy atom. The molecule has 2 aromatic rings. The van der Waals surface area contributed by atoms with Crippen LogP contribution < -0.4 is 10.6 Å². The highest BCUT2D eigenvalue weighted by Gasteiger charge is 2.72. The van der Waals surface area contributed by atoms with Crippen molar-refractivity contribution in [1.29, 1.82) is 0 Å². The van der Waals surface area contributed by atoms with Crippen LogP contribution in [-0.2, 0) is 25.5 Å². The van der Waals surface area contributed by atoms with E-state index in [-0.39, 0.29) is 23.8 Å². The van der Waals surface area contributed by atoms with E-state index in [9.17, 15) is 14.4 Å². The summed E-state index contributed by atoms with van der Waals surface area (Å²) in [6, 6.07) is 14.9. The summed E-state index contributed by atoms with van der Waals surface area (Å²) in [6.45, 7) is 3.37. The van der Waals surface area contributed by atoms with Crippen LogP contribution in [0, 0.1) is 17.8 Å². The van der Waals surface area contributed by atoms with Crippen molar-refractivity contribution in [2.75, 3.05) is 31.5 Å². The molecular formula is C37H44Cl2N4O4. The number of anilines is 1. The number of hydrogen-bond acceptors (Lipinski definition) is 5. The number of fused-ring (bicyclic) bond motifs is 1. The molecule has 8 nitrogen and oxygen atoms in total. The van der Waals surface area contributed by atoms with Gasteiger partial charge in [0.1, 0.15) is 11.6 Å². The van der Waals surface area contributed by atoms with E-state index in [0.29, 0.717) is 28.2 Å². The molecule has 0 radical (unpaired) electrons. The Bertz CT molecular complexity index is 1510. The number of halogens is 2. The summed E-state index contributed by atoms with van der Waals surface area (Å²) in [5.41, 5.74) is 0.720. The summed E-state index contributed by atoms with van der Waals surface area (Å²) in [4.78, 5) is 46.4. The number of ether oxygens (including phenoxy) is 1. The monoisotopic (exact) mass is 678 g/mol. The molecular weight excluding hydrogens is 635 g/mol. The molecule has 3 amide bonds. The molecule has 2 aromatic carbocycles. The van der Waals surface area contributed by atoms with Crippen molar-refractivity contribution in [1.82, 2.24) is 15.1 Å². The number of amides is 3. The zero-order valence-electron chi connectivity index (χ0n) is 26.7. The number of nitrogens with zero attached hydrogens (tertiary/aromatic N) is 2. The number of carbonyl (C=O) groups is 3. The largest absolute Gasteiger partial charge is 0.359 e. The quantitative estimate of drug-likeness (QED) is 0.307. The maximum Gasteiger partial charge on any atom is 0.246 e. The van der Waals surface area contributed by atoms with Crippen LogP contribution >= 0.6 is 23.2 Å². The number of carbonyl (C=O) groups excluding carboxylic acids is 3. The van der Waals surface area contributed by atoms with Gasteiger partial charge >= 0.3 is 0 Å². The lowest BCUT2D eigenvalue weighted by molar-refractivity contribution is -0.141. The van der Waals surface area contributed by atoms with Gasteiger partial charge in [-0.1, -0.05) is 84.9 Å². The summed E-state index contributed by atoms with van der Waals surface area (Å²) in [5.74, 6) is -1.55. The summed E-state index contributed by atoms with van der Waals surface area (Å²) < 4.78 is 6.53. The molecule has 2 N–H and O–H groups in total. The first-order chi connectivity index (χ1) is 22.8. The van der Waals surface area contributed by atoms with Gasteiger partial charge in [-0.2, -0.15) is 0 Å². The van der Waals surface area contributed by atoms with Gasteiger partial charge in [0.2, 0.25) is 17.7 Å². The molecule has 5 aliphatic rings. The maximum atomic E-state index is 14.3. The average molecular weight is 680 g/mol. The zero-order valence-corrected chi connectivity index (χ0v) is 28.2. The third-order valence-electron chi connectivity index (χ3n) is 11.0. The molecule has 10 heteroatoms. The van der Waals surface area contributed by atoms with Crippen LogP contribution in [0.1, 0.15) is 56.9 Å². The van der Waals surface area contributed by atoms with Crippen LogP contribution in [0.25, 0.3) is 0 Å². The second-order valence-corrected chi connectivity index (χ2v) is 14.8. The van der Waals surface area contributed by atoms with E-state index in [4.69, 9.17) is 27.9 Å². The molecule has 5 atom stereocenters.